The van der Waals surface area contributed by atoms with Crippen molar-refractivity contribution in [2.45, 2.75) is 0 Å². The van der Waals surface area contributed by atoms with E-state index in [9.17, 15) is 4.39 Å². The Labute approximate surface area is 802 Å². The van der Waals surface area contributed by atoms with Gasteiger partial charge in [0.25, 0.3) is 0 Å². The zero-order valence-corrected chi connectivity index (χ0v) is 74.9. The van der Waals surface area contributed by atoms with Crippen molar-refractivity contribution in [2.24, 2.45) is 0 Å². The van der Waals surface area contributed by atoms with Gasteiger partial charge in [-0.25, -0.2) is 4.39 Å². The number of hydrogen-bond donors (Lipinski definition) is 0. The predicted octanol–water partition coefficient (Wildman–Crippen LogP) is 38.5. The van der Waals surface area contributed by atoms with E-state index in [-0.39, 0.29) is 35.6 Å². The Balaban J connectivity index is 0.000000103. The zero-order valence-electron chi connectivity index (χ0n) is 79.9. The minimum absolute atomic E-state index is 0.201. The molecule has 27 aromatic carbocycles. The molecule has 0 saturated carbocycles. The molecule has 0 aliphatic carbocycles. The first-order valence-corrected chi connectivity index (χ1v) is 46.8. The van der Waals surface area contributed by atoms with Crippen LogP contribution in [-0.2, 0) is 0 Å². The molecular formula is C136H89F. The van der Waals surface area contributed by atoms with E-state index in [0.29, 0.717) is 5.56 Å². The van der Waals surface area contributed by atoms with Crippen molar-refractivity contribution < 1.29 is 11.2 Å². The molecule has 0 radical (unpaired) electrons. The molecule has 0 unspecified atom stereocenters. The lowest BCUT2D eigenvalue weighted by Gasteiger charge is -2.20. The maximum absolute atomic E-state index is 14.8. The van der Waals surface area contributed by atoms with E-state index >= 15 is 0 Å². The van der Waals surface area contributed by atoms with E-state index in [1.54, 1.807) is 12.1 Å². The first-order chi connectivity index (χ1) is 70.0. The summed E-state index contributed by atoms with van der Waals surface area (Å²) in [4.78, 5) is 0. The van der Waals surface area contributed by atoms with Crippen LogP contribution < -0.4 is 0 Å². The van der Waals surface area contributed by atoms with Crippen LogP contribution in [0, 0.1) is 5.82 Å². The van der Waals surface area contributed by atoms with Crippen LogP contribution in [0.2, 0.25) is 0 Å². The van der Waals surface area contributed by atoms with Gasteiger partial charge in [0.2, 0.25) is 0 Å². The quantitative estimate of drug-likeness (QED) is 0.120. The topological polar surface area (TPSA) is 0 Å². The van der Waals surface area contributed by atoms with Crippen molar-refractivity contribution in [3.8, 4) is 111 Å². The second kappa shape index (κ2) is 36.1. The zero-order chi connectivity index (χ0) is 95.4. The van der Waals surface area contributed by atoms with Crippen LogP contribution in [0.1, 0.15) is 6.85 Å². The van der Waals surface area contributed by atoms with Gasteiger partial charge in [-0.2, -0.15) is 0 Å². The molecule has 0 fully saturated rings. The maximum Gasteiger partial charge on any atom is 0.123 e. The number of benzene rings is 27. The fourth-order valence-electron chi connectivity index (χ4n) is 21.3. The smallest absolute Gasteiger partial charge is 0.123 e. The number of hydrogen-bond acceptors (Lipinski definition) is 0. The van der Waals surface area contributed by atoms with Gasteiger partial charge in [0.15, 0.2) is 0 Å². The summed E-state index contributed by atoms with van der Waals surface area (Å²) < 4.78 is 57.0. The highest BCUT2D eigenvalue weighted by Gasteiger charge is 2.25. The molecular weight excluding hydrogens is 1650 g/mol. The van der Waals surface area contributed by atoms with Crippen LogP contribution in [0.25, 0.3) is 251 Å². The van der Waals surface area contributed by atoms with Crippen molar-refractivity contribution in [2.75, 3.05) is 0 Å². The van der Waals surface area contributed by atoms with Crippen LogP contribution in [0.3, 0.4) is 0 Å². The largest absolute Gasteiger partial charge is 0.207 e. The molecule has 0 aliphatic rings. The van der Waals surface area contributed by atoms with Gasteiger partial charge in [-0.15, -0.1) is 0 Å². The molecule has 0 saturated heterocycles. The Morgan fingerprint density at radius 1 is 0.124 bits per heavy atom. The monoisotopic (exact) mass is 1750 g/mol. The molecule has 0 spiro atoms. The van der Waals surface area contributed by atoms with Crippen molar-refractivity contribution in [1.82, 2.24) is 0 Å². The molecule has 137 heavy (non-hydrogen) atoms. The van der Waals surface area contributed by atoms with E-state index in [1.165, 1.54) is 153 Å². The molecule has 27 aromatic rings. The van der Waals surface area contributed by atoms with E-state index in [2.05, 4.69) is 443 Å². The van der Waals surface area contributed by atoms with Crippen LogP contribution in [0.5, 0.6) is 0 Å². The van der Waals surface area contributed by atoms with Gasteiger partial charge < -0.3 is 0 Å². The van der Waals surface area contributed by atoms with E-state index in [1.807, 2.05) is 54.6 Å². The maximum atomic E-state index is 14.8. The van der Waals surface area contributed by atoms with Gasteiger partial charge >= 0.3 is 0 Å². The van der Waals surface area contributed by atoms with E-state index in [0.717, 1.165) is 87.4 Å². The van der Waals surface area contributed by atoms with Gasteiger partial charge in [0.05, 0.1) is 6.85 Å². The SMILES string of the molecule is Fc1ccc2c(-c3ccc4ccccc4c3)c3ccccc3c(-c3cccc4ccccc34)c2c1.[2H]c1c([2H])c([2H])c(-c2cc(-c3c4ccccc4c(-c4ccccc4)c4ccccc34)cc3ccccc23)c([2H])c1[2H].c1ccc(-c2c3ccccc3c(-c3ccc4ccccc4c3)c3ccccc23)cc1.c1ccc(-c2ccccc2-c2c3ccccc3c(-c3ccc4ccccc4c3)c3ccccc23)cc1. The van der Waals surface area contributed by atoms with Crippen molar-refractivity contribution in [1.29, 1.82) is 0 Å². The standard InChI is InChI=1S/2C36H24.C34H21F.C30H20/c1-3-13-25(14-4-1)34-24-28(23-27-17-7-8-18-29(27)34)36-32-21-11-9-19-30(32)35(26-15-5-2-6-16-26)31-20-10-12-22-33(31)36;1-2-13-26(14-3-1)29-16-6-7-17-30(29)36-33-20-10-8-18-31(33)35(32-19-9-11-21-34(32)36)28-23-22-25-12-4-5-15-27(25)24-28;35-26-18-19-31-32(21-26)34(28-15-7-11-23-9-3-4-12-27(23)28)30-14-6-5-13-29(30)33(31)25-17-16-22-8-1-2-10-24(22)20-25;1-2-11-22(12-3-1)29-25-14-6-8-16-27(25)30(28-17-9-7-15-26(28)29)24-19-18-21-10-4-5-13-23(21)20-24/h2*1-24H;1-21H;1-20H/i1D,3D,4D,13D,14D;;;. The molecule has 0 heterocycles. The van der Waals surface area contributed by atoms with Crippen molar-refractivity contribution >= 4 is 140 Å². The summed E-state index contributed by atoms with van der Waals surface area (Å²) in [5.41, 5.74) is 22.4. The molecule has 0 bridgehead atoms. The Hall–Kier alpha value is -17.8. The third kappa shape index (κ3) is 15.3. The fourth-order valence-corrected chi connectivity index (χ4v) is 21.3. The number of rotatable bonds is 10. The molecule has 1 heteroatoms. The van der Waals surface area contributed by atoms with Gasteiger partial charge in [0, 0.05) is 0 Å². The first kappa shape index (κ1) is 76.9. The fraction of sp³-hybridized carbons (Fsp3) is 0. The molecule has 0 N–H and O–H groups in total. The molecule has 0 atom stereocenters. The third-order valence-electron chi connectivity index (χ3n) is 27.3. The van der Waals surface area contributed by atoms with Gasteiger partial charge in [-0.3, -0.25) is 0 Å². The molecule has 0 nitrogen and oxygen atoms in total. The third-order valence-corrected chi connectivity index (χ3v) is 27.3. The van der Waals surface area contributed by atoms with Crippen LogP contribution >= 0.6 is 0 Å². The van der Waals surface area contributed by atoms with Crippen LogP contribution in [0.4, 0.5) is 4.39 Å². The summed E-state index contributed by atoms with van der Waals surface area (Å²) in [7, 11) is 0. The summed E-state index contributed by atoms with van der Waals surface area (Å²) >= 11 is 0. The summed E-state index contributed by atoms with van der Waals surface area (Å²) in [6.07, 6.45) is 0. The highest BCUT2D eigenvalue weighted by Crippen LogP contribution is 2.52. The first-order valence-electron chi connectivity index (χ1n) is 49.3. The van der Waals surface area contributed by atoms with Crippen molar-refractivity contribution in [3.05, 3.63) is 546 Å². The van der Waals surface area contributed by atoms with Crippen LogP contribution in [0.15, 0.2) is 540 Å². The molecule has 640 valence electrons. The average molecular weight is 1750 g/mol. The lowest BCUT2D eigenvalue weighted by Crippen LogP contribution is -1.92. The number of fused-ring (bicyclic) bond motifs is 13. The van der Waals surface area contributed by atoms with E-state index < -0.39 is 6.04 Å². The Morgan fingerprint density at radius 2 is 0.387 bits per heavy atom. The normalized spacial score (nSPS) is 11.9. The minimum Gasteiger partial charge on any atom is -0.207 e. The lowest BCUT2D eigenvalue weighted by molar-refractivity contribution is 0.630. The lowest BCUT2D eigenvalue weighted by atomic mass is 9.83. The van der Waals surface area contributed by atoms with Gasteiger partial charge in [-0.05, 0) is 294 Å². The van der Waals surface area contributed by atoms with E-state index in [4.69, 9.17) is 6.85 Å². The Morgan fingerprint density at radius 3 is 0.781 bits per heavy atom. The highest BCUT2D eigenvalue weighted by atomic mass is 19.1. The second-order valence-electron chi connectivity index (χ2n) is 35.1. The second-order valence-corrected chi connectivity index (χ2v) is 35.1. The number of halogens is 1. The van der Waals surface area contributed by atoms with Crippen LogP contribution in [-0.4, -0.2) is 0 Å². The minimum atomic E-state index is -0.391. The van der Waals surface area contributed by atoms with Gasteiger partial charge in [0.1, 0.15) is 5.82 Å². The van der Waals surface area contributed by atoms with Gasteiger partial charge in [-0.1, -0.05) is 497 Å². The molecule has 27 rings (SSSR count). The Kier molecular flexibility index (Phi) is 20.3. The summed E-state index contributed by atoms with van der Waals surface area (Å²) in [6.45, 7) is 0. The molecule has 0 aromatic heterocycles. The highest BCUT2D eigenvalue weighted by molar-refractivity contribution is 6.28. The van der Waals surface area contributed by atoms with Crippen molar-refractivity contribution in [3.63, 3.8) is 0 Å². The summed E-state index contributed by atoms with van der Waals surface area (Å²) in [6, 6.07) is 178. The summed E-state index contributed by atoms with van der Waals surface area (Å²) in [5, 5.41) is 30.7. The summed E-state index contributed by atoms with van der Waals surface area (Å²) in [5.74, 6) is -0.223. The molecule has 0 aliphatic heterocycles. The Bertz CT molecular complexity index is 9490. The molecule has 0 amide bonds. The predicted molar refractivity (Wildman–Crippen MR) is 588 cm³/mol. The average Bonchev–Trinajstić information content (AvgIpc) is 0.761.